The molecule has 1 aromatic carbocycles. The molecule has 1 amide bonds. The molecule has 134 valence electrons. The van der Waals surface area contributed by atoms with Crippen molar-refractivity contribution in [2.24, 2.45) is 0 Å². The summed E-state index contributed by atoms with van der Waals surface area (Å²) in [6.45, 7) is 0. The quantitative estimate of drug-likeness (QED) is 0.454. The zero-order valence-corrected chi connectivity index (χ0v) is 16.0. The third-order valence-electron chi connectivity index (χ3n) is 3.57. The summed E-state index contributed by atoms with van der Waals surface area (Å²) < 4.78 is 11.6. The van der Waals surface area contributed by atoms with Crippen LogP contribution in [0.25, 0.3) is 22.6 Å². The first-order valence-electron chi connectivity index (χ1n) is 7.76. The van der Waals surface area contributed by atoms with E-state index in [4.69, 9.17) is 21.1 Å². The van der Waals surface area contributed by atoms with Gasteiger partial charge < -0.3 is 14.2 Å². The summed E-state index contributed by atoms with van der Waals surface area (Å²) in [5.41, 5.74) is 2.70. The smallest absolute Gasteiger partial charge is 0.293 e. The van der Waals surface area contributed by atoms with Crippen molar-refractivity contribution in [3.05, 3.63) is 65.3 Å². The number of anilines is 1. The van der Waals surface area contributed by atoms with Crippen molar-refractivity contribution in [1.82, 2.24) is 15.3 Å². The highest BCUT2D eigenvalue weighted by molar-refractivity contribution is 9.10. The molecule has 0 saturated carbocycles. The third kappa shape index (κ3) is 3.88. The molecule has 27 heavy (non-hydrogen) atoms. The summed E-state index contributed by atoms with van der Waals surface area (Å²) >= 11 is 8.54. The molecule has 2 N–H and O–H groups in total. The Labute approximate surface area is 166 Å². The molecule has 0 aliphatic carbocycles. The van der Waals surface area contributed by atoms with Gasteiger partial charge in [0.25, 0.3) is 5.91 Å². The molecular weight excluding hydrogens is 432 g/mol. The number of nitrogens with one attached hydrogen (secondary N) is 2. The van der Waals surface area contributed by atoms with Gasteiger partial charge in [-0.2, -0.15) is 0 Å². The van der Waals surface area contributed by atoms with E-state index in [0.29, 0.717) is 22.7 Å². The number of oxazole rings is 1. The van der Waals surface area contributed by atoms with Crippen LogP contribution in [0, 0.1) is 0 Å². The first-order valence-corrected chi connectivity index (χ1v) is 8.96. The number of aromatic nitrogens is 2. The highest BCUT2D eigenvalue weighted by atomic mass is 79.9. The summed E-state index contributed by atoms with van der Waals surface area (Å²) in [7, 11) is 0. The molecular formula is C18H11BrN4O3S. The number of hydrogen-bond donors (Lipinski definition) is 2. The van der Waals surface area contributed by atoms with Crippen LogP contribution in [0.2, 0.25) is 0 Å². The molecule has 0 radical (unpaired) electrons. The Hall–Kier alpha value is -3.04. The number of rotatable bonds is 3. The molecule has 0 saturated heterocycles. The molecule has 7 nitrogen and oxygen atoms in total. The minimum absolute atomic E-state index is 0.149. The number of carbonyl (C=O) groups excluding carboxylic acids is 1. The normalized spacial score (nSPS) is 10.7. The van der Waals surface area contributed by atoms with Crippen molar-refractivity contribution in [1.29, 1.82) is 0 Å². The summed E-state index contributed by atoms with van der Waals surface area (Å²) in [6.07, 6.45) is 4.78. The lowest BCUT2D eigenvalue weighted by Crippen LogP contribution is -2.33. The van der Waals surface area contributed by atoms with E-state index in [2.05, 4.69) is 36.5 Å². The van der Waals surface area contributed by atoms with Gasteiger partial charge in [0.05, 0.1) is 11.8 Å². The average Bonchev–Trinajstić information content (AvgIpc) is 3.31. The van der Waals surface area contributed by atoms with Gasteiger partial charge in [0, 0.05) is 22.6 Å². The second kappa shape index (κ2) is 7.29. The molecule has 0 fully saturated rings. The molecule has 0 spiro atoms. The van der Waals surface area contributed by atoms with E-state index < -0.39 is 5.91 Å². The maximum absolute atomic E-state index is 11.9. The minimum Gasteiger partial charge on any atom is -0.459 e. The minimum atomic E-state index is -0.426. The lowest BCUT2D eigenvalue weighted by atomic mass is 10.3. The van der Waals surface area contributed by atoms with Gasteiger partial charge in [-0.15, -0.1) is 0 Å². The predicted octanol–water partition coefficient (Wildman–Crippen LogP) is 4.37. The number of carbonyl (C=O) groups is 1. The van der Waals surface area contributed by atoms with Gasteiger partial charge in [-0.3, -0.25) is 15.1 Å². The van der Waals surface area contributed by atoms with E-state index in [1.54, 1.807) is 42.7 Å². The van der Waals surface area contributed by atoms with Crippen LogP contribution in [-0.4, -0.2) is 21.0 Å². The Bertz CT molecular complexity index is 1140. The van der Waals surface area contributed by atoms with Crippen LogP contribution in [0.15, 0.2) is 68.4 Å². The van der Waals surface area contributed by atoms with E-state index in [0.717, 1.165) is 10.0 Å². The number of furan rings is 1. The number of fused-ring (bicyclic) bond motifs is 1. The highest BCUT2D eigenvalue weighted by Crippen LogP contribution is 2.27. The van der Waals surface area contributed by atoms with E-state index >= 15 is 0 Å². The van der Waals surface area contributed by atoms with Crippen molar-refractivity contribution in [2.75, 3.05) is 5.32 Å². The van der Waals surface area contributed by atoms with Crippen LogP contribution in [0.4, 0.5) is 5.69 Å². The van der Waals surface area contributed by atoms with Crippen LogP contribution in [0.1, 0.15) is 10.6 Å². The van der Waals surface area contributed by atoms with E-state index in [9.17, 15) is 4.79 Å². The second-order valence-corrected chi connectivity index (χ2v) is 6.80. The van der Waals surface area contributed by atoms with Crippen molar-refractivity contribution < 1.29 is 13.6 Å². The molecule has 4 aromatic rings. The van der Waals surface area contributed by atoms with Crippen molar-refractivity contribution in [3.63, 3.8) is 0 Å². The predicted molar refractivity (Wildman–Crippen MR) is 107 cm³/mol. The number of benzene rings is 1. The Kier molecular flexibility index (Phi) is 4.69. The van der Waals surface area contributed by atoms with Gasteiger partial charge >= 0.3 is 0 Å². The summed E-state index contributed by atoms with van der Waals surface area (Å²) in [6, 6.07) is 10.4. The Morgan fingerprint density at radius 2 is 2.07 bits per heavy atom. The van der Waals surface area contributed by atoms with Crippen LogP contribution >= 0.6 is 28.1 Å². The molecule has 0 aliphatic rings. The highest BCUT2D eigenvalue weighted by Gasteiger charge is 2.12. The van der Waals surface area contributed by atoms with Gasteiger partial charge in [0.1, 0.15) is 5.52 Å². The average molecular weight is 443 g/mol. The van der Waals surface area contributed by atoms with Gasteiger partial charge in [-0.25, -0.2) is 4.98 Å². The van der Waals surface area contributed by atoms with Crippen molar-refractivity contribution in [2.45, 2.75) is 0 Å². The topological polar surface area (TPSA) is 93.2 Å². The van der Waals surface area contributed by atoms with Gasteiger partial charge in [0.15, 0.2) is 16.5 Å². The molecule has 0 aliphatic heterocycles. The third-order valence-corrected chi connectivity index (χ3v) is 4.21. The van der Waals surface area contributed by atoms with Crippen LogP contribution in [-0.2, 0) is 0 Å². The lowest BCUT2D eigenvalue weighted by Gasteiger charge is -2.08. The maximum atomic E-state index is 11.9. The zero-order chi connectivity index (χ0) is 18.8. The molecule has 4 rings (SSSR count). The largest absolute Gasteiger partial charge is 0.459 e. The monoisotopic (exact) mass is 442 g/mol. The zero-order valence-electron chi connectivity index (χ0n) is 13.6. The number of nitrogens with zero attached hydrogens (tertiary/aromatic N) is 2. The van der Waals surface area contributed by atoms with Crippen LogP contribution in [0.3, 0.4) is 0 Å². The standard InChI is InChI=1S/C18H11BrN4O3S/c19-11-6-10(8-20-9-11)17-22-13-7-12(3-4-14(13)26-17)21-18(27)23-16(24)15-2-1-5-25-15/h1-9H,(H2,21,23,24,27). The SMILES string of the molecule is O=C(NC(=S)Nc1ccc2oc(-c3cncc(Br)c3)nc2c1)c1ccco1. The molecule has 0 bridgehead atoms. The number of thiocarbonyl (C=S) groups is 1. The fraction of sp³-hybridized carbons (Fsp3) is 0. The van der Waals surface area contributed by atoms with Crippen LogP contribution < -0.4 is 10.6 Å². The maximum Gasteiger partial charge on any atom is 0.293 e. The first kappa shape index (κ1) is 17.4. The summed E-state index contributed by atoms with van der Waals surface area (Å²) in [5, 5.41) is 5.64. The molecule has 0 atom stereocenters. The molecule has 9 heteroatoms. The number of amides is 1. The van der Waals surface area contributed by atoms with Crippen molar-refractivity contribution in [3.8, 4) is 11.5 Å². The fourth-order valence-electron chi connectivity index (χ4n) is 2.39. The molecule has 3 heterocycles. The first-order chi connectivity index (χ1) is 13.1. The summed E-state index contributed by atoms with van der Waals surface area (Å²) in [5.74, 6) is 0.215. The lowest BCUT2D eigenvalue weighted by molar-refractivity contribution is 0.0950. The number of halogens is 1. The van der Waals surface area contributed by atoms with E-state index in [1.807, 2.05) is 6.07 Å². The van der Waals surface area contributed by atoms with E-state index in [1.165, 1.54) is 6.26 Å². The van der Waals surface area contributed by atoms with Crippen molar-refractivity contribution >= 4 is 56.0 Å². The number of hydrogen-bond acceptors (Lipinski definition) is 6. The molecule has 0 unspecified atom stereocenters. The van der Waals surface area contributed by atoms with Crippen LogP contribution in [0.5, 0.6) is 0 Å². The van der Waals surface area contributed by atoms with E-state index in [-0.39, 0.29) is 10.9 Å². The number of pyridine rings is 1. The molecule has 3 aromatic heterocycles. The Morgan fingerprint density at radius 3 is 2.85 bits per heavy atom. The second-order valence-electron chi connectivity index (χ2n) is 5.48. The Balaban J connectivity index is 1.51. The summed E-state index contributed by atoms with van der Waals surface area (Å²) in [4.78, 5) is 20.5. The van der Waals surface area contributed by atoms with Gasteiger partial charge in [-0.05, 0) is 64.5 Å². The fourth-order valence-corrected chi connectivity index (χ4v) is 2.97. The van der Waals surface area contributed by atoms with Gasteiger partial charge in [0.2, 0.25) is 5.89 Å². The van der Waals surface area contributed by atoms with Gasteiger partial charge in [-0.1, -0.05) is 0 Å². The Morgan fingerprint density at radius 1 is 1.19 bits per heavy atom.